The maximum atomic E-state index is 13.1. The van der Waals surface area contributed by atoms with Gasteiger partial charge in [0.05, 0.1) is 6.04 Å². The summed E-state index contributed by atoms with van der Waals surface area (Å²) in [5.41, 5.74) is 2.63. The van der Waals surface area contributed by atoms with E-state index in [9.17, 15) is 4.79 Å². The minimum Gasteiger partial charge on any atom is -0.454 e. The highest BCUT2D eigenvalue weighted by Crippen LogP contribution is 2.39. The van der Waals surface area contributed by atoms with Gasteiger partial charge in [0, 0.05) is 18.5 Å². The van der Waals surface area contributed by atoms with Crippen molar-refractivity contribution >= 4 is 5.91 Å². The molecule has 0 N–H and O–H groups in total. The lowest BCUT2D eigenvalue weighted by molar-refractivity contribution is 0.0724. The van der Waals surface area contributed by atoms with Crippen molar-refractivity contribution in [2.75, 3.05) is 13.3 Å². The smallest absolute Gasteiger partial charge is 0.276 e. The molecule has 0 radical (unpaired) electrons. The van der Waals surface area contributed by atoms with Gasteiger partial charge in [-0.2, -0.15) is 0 Å². The lowest BCUT2D eigenvalue weighted by Gasteiger charge is -2.25. The molecule has 2 aliphatic heterocycles. The van der Waals surface area contributed by atoms with Crippen LogP contribution in [0.5, 0.6) is 11.5 Å². The monoisotopic (exact) mass is 340 g/mol. The van der Waals surface area contributed by atoms with Crippen molar-refractivity contribution < 1.29 is 18.8 Å². The zero-order valence-corrected chi connectivity index (χ0v) is 14.0. The number of carbonyl (C=O) groups excluding carboxylic acids is 1. The van der Waals surface area contributed by atoms with Crippen molar-refractivity contribution in [3.63, 3.8) is 0 Å². The number of likely N-dealkylation sites (tertiary alicyclic amines) is 1. The van der Waals surface area contributed by atoms with Gasteiger partial charge in [0.1, 0.15) is 5.76 Å². The van der Waals surface area contributed by atoms with Crippen LogP contribution >= 0.6 is 0 Å². The third-order valence-corrected chi connectivity index (χ3v) is 5.45. The summed E-state index contributed by atoms with van der Waals surface area (Å²) in [5, 5.41) is 4.12. The second-order valence-electron chi connectivity index (χ2n) is 6.91. The minimum absolute atomic E-state index is 0.00735. The molecule has 6 nitrogen and oxygen atoms in total. The number of hydrogen-bond donors (Lipinski definition) is 0. The molecule has 0 saturated carbocycles. The van der Waals surface area contributed by atoms with Gasteiger partial charge in [0.25, 0.3) is 5.91 Å². The zero-order chi connectivity index (χ0) is 16.8. The molecular formula is C19H20N2O4. The van der Waals surface area contributed by atoms with Gasteiger partial charge in [-0.05, 0) is 49.8 Å². The maximum absolute atomic E-state index is 13.1. The van der Waals surface area contributed by atoms with Crippen molar-refractivity contribution in [1.29, 1.82) is 0 Å². The van der Waals surface area contributed by atoms with E-state index in [2.05, 4.69) is 5.16 Å². The number of hydrogen-bond acceptors (Lipinski definition) is 5. The minimum atomic E-state index is -0.00735. The van der Waals surface area contributed by atoms with E-state index in [0.717, 1.165) is 73.5 Å². The van der Waals surface area contributed by atoms with Gasteiger partial charge in [-0.15, -0.1) is 0 Å². The van der Waals surface area contributed by atoms with Crippen LogP contribution in [0, 0.1) is 0 Å². The number of carbonyl (C=O) groups is 1. The van der Waals surface area contributed by atoms with E-state index in [1.165, 1.54) is 0 Å². The standard InChI is InChI=1S/C19H20N2O4/c22-19(18-13-4-1-2-6-15(13)25-20-18)21-9-3-5-14(21)12-7-8-16-17(10-12)24-11-23-16/h7-8,10,14H,1-6,9,11H2/t14-/m1/s1. The average Bonchev–Trinajstić information content (AvgIpc) is 3.38. The number of amides is 1. The Morgan fingerprint density at radius 3 is 2.96 bits per heavy atom. The fraction of sp³-hybridized carbons (Fsp3) is 0.474. The molecule has 1 aromatic heterocycles. The van der Waals surface area contributed by atoms with E-state index in [0.29, 0.717) is 5.69 Å². The first-order valence-corrected chi connectivity index (χ1v) is 8.99. The fourth-order valence-corrected chi connectivity index (χ4v) is 4.17. The molecule has 1 atom stereocenters. The summed E-state index contributed by atoms with van der Waals surface area (Å²) < 4.78 is 16.3. The molecular weight excluding hydrogens is 320 g/mol. The summed E-state index contributed by atoms with van der Waals surface area (Å²) in [4.78, 5) is 15.1. The predicted octanol–water partition coefficient (Wildman–Crippen LogP) is 3.26. The molecule has 1 aliphatic carbocycles. The molecule has 25 heavy (non-hydrogen) atoms. The van der Waals surface area contributed by atoms with Gasteiger partial charge in [-0.1, -0.05) is 11.2 Å². The first-order chi connectivity index (χ1) is 12.3. The summed E-state index contributed by atoms with van der Waals surface area (Å²) in [6, 6.07) is 6.01. The number of benzene rings is 1. The van der Waals surface area contributed by atoms with Crippen molar-refractivity contribution in [1.82, 2.24) is 10.1 Å². The highest BCUT2D eigenvalue weighted by atomic mass is 16.7. The summed E-state index contributed by atoms with van der Waals surface area (Å²) >= 11 is 0. The lowest BCUT2D eigenvalue weighted by Crippen LogP contribution is -2.31. The van der Waals surface area contributed by atoms with Crippen molar-refractivity contribution in [3.8, 4) is 11.5 Å². The second kappa shape index (κ2) is 5.79. The van der Waals surface area contributed by atoms with E-state index in [-0.39, 0.29) is 18.7 Å². The van der Waals surface area contributed by atoms with Crippen LogP contribution in [0.3, 0.4) is 0 Å². The number of aryl methyl sites for hydroxylation is 1. The Morgan fingerprint density at radius 2 is 2.00 bits per heavy atom. The zero-order valence-electron chi connectivity index (χ0n) is 14.0. The van der Waals surface area contributed by atoms with E-state index < -0.39 is 0 Å². The van der Waals surface area contributed by atoms with Gasteiger partial charge >= 0.3 is 0 Å². The molecule has 3 aliphatic rings. The first kappa shape index (κ1) is 14.8. The van der Waals surface area contributed by atoms with E-state index in [1.54, 1.807) is 0 Å². The summed E-state index contributed by atoms with van der Waals surface area (Å²) in [7, 11) is 0. The van der Waals surface area contributed by atoms with Crippen molar-refractivity contribution in [3.05, 3.63) is 40.8 Å². The van der Waals surface area contributed by atoms with Crippen LogP contribution in [0.15, 0.2) is 22.7 Å². The van der Waals surface area contributed by atoms with Gasteiger partial charge in [-0.3, -0.25) is 4.79 Å². The molecule has 0 bridgehead atoms. The molecule has 1 amide bonds. The number of ether oxygens (including phenoxy) is 2. The fourth-order valence-electron chi connectivity index (χ4n) is 4.17. The van der Waals surface area contributed by atoms with Crippen LogP contribution in [0.1, 0.15) is 59.1 Å². The predicted molar refractivity (Wildman–Crippen MR) is 88.7 cm³/mol. The average molecular weight is 340 g/mol. The van der Waals surface area contributed by atoms with Crippen molar-refractivity contribution in [2.24, 2.45) is 0 Å². The molecule has 1 fully saturated rings. The molecule has 130 valence electrons. The molecule has 2 aromatic rings. The topological polar surface area (TPSA) is 64.8 Å². The number of nitrogens with zero attached hydrogens (tertiary/aromatic N) is 2. The molecule has 1 saturated heterocycles. The Bertz CT molecular complexity index is 829. The Morgan fingerprint density at radius 1 is 1.12 bits per heavy atom. The molecule has 3 heterocycles. The third kappa shape index (κ3) is 2.39. The summed E-state index contributed by atoms with van der Waals surface area (Å²) in [6.45, 7) is 1.01. The van der Waals surface area contributed by atoms with Gasteiger partial charge in [-0.25, -0.2) is 0 Å². The Labute approximate surface area is 145 Å². The van der Waals surface area contributed by atoms with Crippen LogP contribution in [0.25, 0.3) is 0 Å². The summed E-state index contributed by atoms with van der Waals surface area (Å²) in [6.07, 6.45) is 5.93. The van der Waals surface area contributed by atoms with Crippen LogP contribution < -0.4 is 9.47 Å². The van der Waals surface area contributed by atoms with Crippen LogP contribution in [-0.4, -0.2) is 29.3 Å². The van der Waals surface area contributed by atoms with Crippen molar-refractivity contribution in [2.45, 2.75) is 44.6 Å². The van der Waals surface area contributed by atoms with E-state index in [4.69, 9.17) is 14.0 Å². The molecule has 1 aromatic carbocycles. The van der Waals surface area contributed by atoms with E-state index >= 15 is 0 Å². The van der Waals surface area contributed by atoms with Gasteiger partial charge < -0.3 is 18.9 Å². The maximum Gasteiger partial charge on any atom is 0.276 e. The molecule has 0 unspecified atom stereocenters. The molecule has 6 heteroatoms. The summed E-state index contributed by atoms with van der Waals surface area (Å²) in [5.74, 6) is 2.42. The van der Waals surface area contributed by atoms with E-state index in [1.807, 2.05) is 23.1 Å². The third-order valence-electron chi connectivity index (χ3n) is 5.45. The second-order valence-corrected chi connectivity index (χ2v) is 6.91. The number of rotatable bonds is 2. The highest BCUT2D eigenvalue weighted by Gasteiger charge is 2.35. The van der Waals surface area contributed by atoms with Crippen LogP contribution in [0.2, 0.25) is 0 Å². The lowest BCUT2D eigenvalue weighted by atomic mass is 9.96. The van der Waals surface area contributed by atoms with Crippen LogP contribution in [0.4, 0.5) is 0 Å². The number of fused-ring (bicyclic) bond motifs is 2. The van der Waals surface area contributed by atoms with Gasteiger partial charge in [0.15, 0.2) is 17.2 Å². The Hall–Kier alpha value is -2.50. The highest BCUT2D eigenvalue weighted by molar-refractivity contribution is 5.94. The Kier molecular flexibility index (Phi) is 3.43. The molecule has 0 spiro atoms. The number of aromatic nitrogens is 1. The van der Waals surface area contributed by atoms with Crippen LogP contribution in [-0.2, 0) is 12.8 Å². The first-order valence-electron chi connectivity index (χ1n) is 8.99. The molecule has 5 rings (SSSR count). The SMILES string of the molecule is O=C(c1noc2c1CCCC2)N1CCC[C@@H]1c1ccc2c(c1)OCO2. The quantitative estimate of drug-likeness (QED) is 0.839. The normalized spacial score (nSPS) is 21.4. The Balaban J connectivity index is 1.45. The van der Waals surface area contributed by atoms with Gasteiger partial charge in [0.2, 0.25) is 6.79 Å². The largest absolute Gasteiger partial charge is 0.454 e.